The van der Waals surface area contributed by atoms with Gasteiger partial charge in [-0.1, -0.05) is 19.1 Å². The number of amides is 1. The molecule has 3 N–H and O–H groups in total. The molecule has 3 nitrogen and oxygen atoms in total. The summed E-state index contributed by atoms with van der Waals surface area (Å²) in [5, 5.41) is 2.85. The van der Waals surface area contributed by atoms with Crippen molar-refractivity contribution >= 4 is 23.4 Å². The minimum Gasteiger partial charge on any atom is -0.325 e. The lowest BCUT2D eigenvalue weighted by Gasteiger charge is -2.12. The summed E-state index contributed by atoms with van der Waals surface area (Å²) in [6, 6.07) is 7.44. The van der Waals surface area contributed by atoms with E-state index in [1.165, 1.54) is 5.56 Å². The Bertz CT molecular complexity index is 368. The predicted octanol–water partition coefficient (Wildman–Crippen LogP) is 2.27. The van der Waals surface area contributed by atoms with Crippen LogP contribution in [-0.2, 0) is 11.2 Å². The zero-order valence-electron chi connectivity index (χ0n) is 10.4. The zero-order valence-corrected chi connectivity index (χ0v) is 11.2. The van der Waals surface area contributed by atoms with E-state index in [2.05, 4.69) is 12.2 Å². The van der Waals surface area contributed by atoms with Gasteiger partial charge >= 0.3 is 0 Å². The molecule has 0 spiro atoms. The van der Waals surface area contributed by atoms with E-state index in [0.29, 0.717) is 6.42 Å². The number of carbonyl (C=O) groups is 1. The number of hydrogen-bond acceptors (Lipinski definition) is 3. The van der Waals surface area contributed by atoms with Gasteiger partial charge in [0.15, 0.2) is 0 Å². The summed E-state index contributed by atoms with van der Waals surface area (Å²) in [6.45, 7) is 2.09. The minimum absolute atomic E-state index is 0.104. The summed E-state index contributed by atoms with van der Waals surface area (Å²) in [7, 11) is 0. The lowest BCUT2D eigenvalue weighted by molar-refractivity contribution is -0.117. The van der Waals surface area contributed by atoms with Crippen LogP contribution in [0.25, 0.3) is 0 Å². The van der Waals surface area contributed by atoms with Crippen molar-refractivity contribution < 1.29 is 4.79 Å². The van der Waals surface area contributed by atoms with Gasteiger partial charge in [0.2, 0.25) is 5.91 Å². The third kappa shape index (κ3) is 4.79. The Morgan fingerprint density at radius 3 is 2.94 bits per heavy atom. The monoisotopic (exact) mass is 252 g/mol. The van der Waals surface area contributed by atoms with Crippen LogP contribution in [0.5, 0.6) is 0 Å². The first-order valence-corrected chi connectivity index (χ1v) is 7.21. The van der Waals surface area contributed by atoms with Gasteiger partial charge in [-0.2, -0.15) is 11.8 Å². The van der Waals surface area contributed by atoms with E-state index in [-0.39, 0.29) is 5.91 Å². The fraction of sp³-hybridized carbons (Fsp3) is 0.462. The second-order valence-electron chi connectivity index (χ2n) is 3.93. The Labute approximate surface area is 107 Å². The summed E-state index contributed by atoms with van der Waals surface area (Å²) in [6.07, 6.45) is 3.68. The van der Waals surface area contributed by atoms with Crippen LogP contribution in [0.1, 0.15) is 18.9 Å². The van der Waals surface area contributed by atoms with Gasteiger partial charge in [0.1, 0.15) is 0 Å². The molecule has 1 aromatic carbocycles. The standard InChI is InChI=1S/C13H20N2OS/c1-3-10-5-4-6-11(9-10)15-13(16)12(14)7-8-17-2/h4-6,9,12H,3,7-8,14H2,1-2H3,(H,15,16)/t12-/m1/s1. The van der Waals surface area contributed by atoms with E-state index in [0.717, 1.165) is 17.9 Å². The van der Waals surface area contributed by atoms with E-state index >= 15 is 0 Å². The van der Waals surface area contributed by atoms with Gasteiger partial charge in [0, 0.05) is 5.69 Å². The second-order valence-corrected chi connectivity index (χ2v) is 4.92. The molecule has 0 aromatic heterocycles. The van der Waals surface area contributed by atoms with Gasteiger partial charge in [-0.05, 0) is 42.5 Å². The maximum atomic E-state index is 11.8. The Kier molecular flexibility index (Phi) is 6.08. The largest absolute Gasteiger partial charge is 0.325 e. The summed E-state index contributed by atoms with van der Waals surface area (Å²) in [5.74, 6) is 0.802. The highest BCUT2D eigenvalue weighted by Crippen LogP contribution is 2.11. The molecule has 1 rings (SSSR count). The second kappa shape index (κ2) is 7.35. The number of hydrogen-bond donors (Lipinski definition) is 2. The molecule has 0 saturated carbocycles. The molecule has 0 aliphatic rings. The van der Waals surface area contributed by atoms with Gasteiger partial charge in [-0.25, -0.2) is 0 Å². The number of carbonyl (C=O) groups excluding carboxylic acids is 1. The van der Waals surface area contributed by atoms with Crippen molar-refractivity contribution in [1.82, 2.24) is 0 Å². The normalized spacial score (nSPS) is 12.2. The number of benzene rings is 1. The molecule has 0 saturated heterocycles. The fourth-order valence-electron chi connectivity index (χ4n) is 1.48. The van der Waals surface area contributed by atoms with Crippen LogP contribution in [0.2, 0.25) is 0 Å². The topological polar surface area (TPSA) is 55.1 Å². The maximum Gasteiger partial charge on any atom is 0.241 e. The molecule has 1 atom stereocenters. The molecule has 0 heterocycles. The highest BCUT2D eigenvalue weighted by molar-refractivity contribution is 7.98. The number of nitrogens with one attached hydrogen (secondary N) is 1. The lowest BCUT2D eigenvalue weighted by atomic mass is 10.1. The number of rotatable bonds is 6. The molecule has 94 valence electrons. The van der Waals surface area contributed by atoms with Crippen LogP contribution >= 0.6 is 11.8 Å². The number of nitrogens with two attached hydrogens (primary N) is 1. The minimum atomic E-state index is -0.423. The lowest BCUT2D eigenvalue weighted by Crippen LogP contribution is -2.36. The Hall–Kier alpha value is -1.00. The summed E-state index contributed by atoms with van der Waals surface area (Å²) >= 11 is 1.70. The van der Waals surface area contributed by atoms with Crippen molar-refractivity contribution in [2.24, 2.45) is 5.73 Å². The first kappa shape index (κ1) is 14.1. The van der Waals surface area contributed by atoms with Crippen LogP contribution in [0.15, 0.2) is 24.3 Å². The van der Waals surface area contributed by atoms with Gasteiger partial charge in [0.25, 0.3) is 0 Å². The maximum absolute atomic E-state index is 11.8. The quantitative estimate of drug-likeness (QED) is 0.816. The average Bonchev–Trinajstić information content (AvgIpc) is 2.36. The van der Waals surface area contributed by atoms with E-state index in [1.54, 1.807) is 11.8 Å². The van der Waals surface area contributed by atoms with Gasteiger partial charge < -0.3 is 11.1 Å². The zero-order chi connectivity index (χ0) is 12.7. The first-order chi connectivity index (χ1) is 8.17. The molecule has 1 aromatic rings. The van der Waals surface area contributed by atoms with E-state index in [9.17, 15) is 4.79 Å². The first-order valence-electron chi connectivity index (χ1n) is 5.81. The Balaban J connectivity index is 2.54. The van der Waals surface area contributed by atoms with Crippen molar-refractivity contribution in [1.29, 1.82) is 0 Å². The molecular weight excluding hydrogens is 232 g/mol. The highest BCUT2D eigenvalue weighted by atomic mass is 32.2. The summed E-state index contributed by atoms with van der Waals surface area (Å²) < 4.78 is 0. The molecule has 0 aliphatic carbocycles. The van der Waals surface area contributed by atoms with Crippen LogP contribution in [0.3, 0.4) is 0 Å². The summed E-state index contributed by atoms with van der Waals surface area (Å²) in [4.78, 5) is 11.8. The van der Waals surface area contributed by atoms with E-state index in [4.69, 9.17) is 5.73 Å². The molecule has 0 fully saturated rings. The van der Waals surface area contributed by atoms with Gasteiger partial charge in [-0.3, -0.25) is 4.79 Å². The number of anilines is 1. The number of thioether (sulfide) groups is 1. The molecule has 1 amide bonds. The Morgan fingerprint density at radius 1 is 1.53 bits per heavy atom. The molecule has 17 heavy (non-hydrogen) atoms. The third-order valence-corrected chi connectivity index (χ3v) is 3.22. The van der Waals surface area contributed by atoms with Gasteiger partial charge in [-0.15, -0.1) is 0 Å². The molecule has 0 bridgehead atoms. The predicted molar refractivity (Wildman–Crippen MR) is 75.4 cm³/mol. The summed E-state index contributed by atoms with van der Waals surface area (Å²) in [5.41, 5.74) is 7.83. The molecule has 0 unspecified atom stereocenters. The third-order valence-electron chi connectivity index (χ3n) is 2.57. The van der Waals surface area contributed by atoms with Crippen LogP contribution in [0.4, 0.5) is 5.69 Å². The van der Waals surface area contributed by atoms with Crippen molar-refractivity contribution in [3.63, 3.8) is 0 Å². The molecular formula is C13H20N2OS. The highest BCUT2D eigenvalue weighted by Gasteiger charge is 2.12. The van der Waals surface area contributed by atoms with Crippen LogP contribution in [0, 0.1) is 0 Å². The molecule has 4 heteroatoms. The molecule has 0 aliphatic heterocycles. The van der Waals surface area contributed by atoms with Crippen LogP contribution < -0.4 is 11.1 Å². The molecule has 0 radical (unpaired) electrons. The Morgan fingerprint density at radius 2 is 2.29 bits per heavy atom. The van der Waals surface area contributed by atoms with Crippen molar-refractivity contribution in [3.8, 4) is 0 Å². The van der Waals surface area contributed by atoms with Crippen molar-refractivity contribution in [2.75, 3.05) is 17.3 Å². The smallest absolute Gasteiger partial charge is 0.241 e. The number of aryl methyl sites for hydroxylation is 1. The van der Waals surface area contributed by atoms with E-state index in [1.807, 2.05) is 30.5 Å². The van der Waals surface area contributed by atoms with Crippen molar-refractivity contribution in [2.45, 2.75) is 25.8 Å². The SMILES string of the molecule is CCc1cccc(NC(=O)[C@H](N)CCSC)c1. The van der Waals surface area contributed by atoms with Gasteiger partial charge in [0.05, 0.1) is 6.04 Å². The van der Waals surface area contributed by atoms with Crippen LogP contribution in [-0.4, -0.2) is 24.0 Å². The van der Waals surface area contributed by atoms with Crippen molar-refractivity contribution in [3.05, 3.63) is 29.8 Å². The van der Waals surface area contributed by atoms with E-state index < -0.39 is 6.04 Å². The fourth-order valence-corrected chi connectivity index (χ4v) is 1.97. The average molecular weight is 252 g/mol.